The minimum atomic E-state index is -1.08. The molecule has 6 radical (unpaired) electrons. The maximum atomic E-state index is 8.89. The van der Waals surface area contributed by atoms with Crippen LogP contribution in [0.5, 0.6) is 0 Å². The van der Waals surface area contributed by atoms with Gasteiger partial charge in [0.05, 0.1) is 0 Å². The molecule has 0 aliphatic carbocycles. The average Bonchev–Trinajstić information content (AvgIpc) is 1.25. The van der Waals surface area contributed by atoms with Crippen LogP contribution < -0.4 is 10.2 Å². The quantitative estimate of drug-likeness (QED) is 0.311. The number of hydrogen-bond donors (Lipinski definition) is 0. The number of aliphatic carboxylic acids is 2. The molecule has 0 atom stereocenters. The molecule has 70 valence electrons. The molecule has 0 rings (SSSR count). The van der Waals surface area contributed by atoms with E-state index in [1.165, 1.54) is 0 Å². The van der Waals surface area contributed by atoms with E-state index in [1.807, 2.05) is 0 Å². The second kappa shape index (κ2) is 37.8. The molecular formula is C4H6O6Sn3. The summed E-state index contributed by atoms with van der Waals surface area (Å²) in [5.41, 5.74) is 0. The van der Waals surface area contributed by atoms with Crippen molar-refractivity contribution in [3.8, 4) is 0 Å². The van der Waals surface area contributed by atoms with Crippen LogP contribution in [-0.4, -0.2) is 83.7 Å². The zero-order chi connectivity index (χ0) is 7.15. The maximum absolute atomic E-state index is 8.89. The summed E-state index contributed by atoms with van der Waals surface area (Å²) in [6.07, 6.45) is 0. The molecular weight excluding hydrogens is 500 g/mol. The largest absolute Gasteiger partial charge is 2.00 e. The van der Waals surface area contributed by atoms with Crippen molar-refractivity contribution < 1.29 is 30.8 Å². The van der Waals surface area contributed by atoms with Crippen molar-refractivity contribution in [2.45, 2.75) is 13.8 Å². The van der Waals surface area contributed by atoms with Crippen LogP contribution in [0, 0.1) is 0 Å². The molecule has 0 heterocycles. The second-order valence-electron chi connectivity index (χ2n) is 0.983. The van der Waals surface area contributed by atoms with E-state index in [9.17, 15) is 0 Å². The molecule has 0 unspecified atom stereocenters. The van der Waals surface area contributed by atoms with Gasteiger partial charge in [0.2, 0.25) is 0 Å². The maximum Gasteiger partial charge on any atom is 2.00 e. The van der Waals surface area contributed by atoms with Crippen LogP contribution in [0.25, 0.3) is 0 Å². The Labute approximate surface area is 127 Å². The molecule has 9 heteroatoms. The van der Waals surface area contributed by atoms with Gasteiger partial charge in [-0.1, -0.05) is 0 Å². The Hall–Kier alpha value is 1.26. The molecule has 0 aromatic heterocycles. The van der Waals surface area contributed by atoms with Crippen molar-refractivity contribution in [1.82, 2.24) is 0 Å². The first-order chi connectivity index (χ1) is 3.46. The molecule has 13 heavy (non-hydrogen) atoms. The summed E-state index contributed by atoms with van der Waals surface area (Å²) in [6, 6.07) is 0. The van der Waals surface area contributed by atoms with Gasteiger partial charge >= 0.3 is 71.7 Å². The Balaban J connectivity index is -0.00000000800. The van der Waals surface area contributed by atoms with Crippen LogP contribution in [0.3, 0.4) is 0 Å². The van der Waals surface area contributed by atoms with Crippen molar-refractivity contribution >= 4 is 83.7 Å². The van der Waals surface area contributed by atoms with E-state index in [1.54, 1.807) is 0 Å². The molecule has 0 aromatic carbocycles. The van der Waals surface area contributed by atoms with Crippen molar-refractivity contribution in [2.24, 2.45) is 0 Å². The molecule has 0 aliphatic heterocycles. The van der Waals surface area contributed by atoms with Crippen LogP contribution in [0.4, 0.5) is 0 Å². The summed E-state index contributed by atoms with van der Waals surface area (Å²) < 4.78 is 0. The van der Waals surface area contributed by atoms with Crippen LogP contribution >= 0.6 is 0 Å². The van der Waals surface area contributed by atoms with Gasteiger partial charge in [-0.05, 0) is 13.8 Å². The van der Waals surface area contributed by atoms with E-state index in [0.29, 0.717) is 0 Å². The topological polar surface area (TPSA) is 137 Å². The smallest absolute Gasteiger partial charge is 2.00 e. The van der Waals surface area contributed by atoms with Gasteiger partial charge in [0, 0.05) is 11.9 Å². The molecule has 0 saturated carbocycles. The molecule has 0 amide bonds. The molecule has 0 fully saturated rings. The second-order valence-corrected chi connectivity index (χ2v) is 0.983. The van der Waals surface area contributed by atoms with E-state index in [4.69, 9.17) is 19.8 Å². The minimum Gasteiger partial charge on any atom is -2.00 e. The molecule has 0 N–H and O–H groups in total. The third-order valence-corrected chi connectivity index (χ3v) is 0. The van der Waals surface area contributed by atoms with Crippen LogP contribution in [0.2, 0.25) is 0 Å². The Bertz CT molecular complexity index is 77.9. The Kier molecular flexibility index (Phi) is 138. The number of hydrogen-bond acceptors (Lipinski definition) is 4. The molecule has 0 aliphatic rings. The number of carboxylic acid groups (broad SMARTS) is 2. The monoisotopic (exact) mass is 510 g/mol. The van der Waals surface area contributed by atoms with E-state index < -0.39 is 11.9 Å². The normalized spacial score (nSPS) is 3.85. The van der Waals surface area contributed by atoms with Gasteiger partial charge in [-0.15, -0.1) is 0 Å². The zero-order valence-corrected chi connectivity index (χ0v) is 15.5. The fraction of sp³-hybridized carbons (Fsp3) is 0.500. The van der Waals surface area contributed by atoms with E-state index in [-0.39, 0.29) is 82.7 Å². The Morgan fingerprint density at radius 3 is 0.769 bits per heavy atom. The van der Waals surface area contributed by atoms with Crippen molar-refractivity contribution in [1.29, 1.82) is 0 Å². The van der Waals surface area contributed by atoms with Crippen molar-refractivity contribution in [3.05, 3.63) is 0 Å². The van der Waals surface area contributed by atoms with Gasteiger partial charge in [0.25, 0.3) is 0 Å². The molecule has 0 saturated heterocycles. The van der Waals surface area contributed by atoms with Gasteiger partial charge < -0.3 is 30.8 Å². The van der Waals surface area contributed by atoms with Gasteiger partial charge in [0.1, 0.15) is 0 Å². The summed E-state index contributed by atoms with van der Waals surface area (Å²) >= 11 is 0. The van der Waals surface area contributed by atoms with Crippen LogP contribution in [0.15, 0.2) is 0 Å². The summed E-state index contributed by atoms with van der Waals surface area (Å²) in [7, 11) is 0. The summed E-state index contributed by atoms with van der Waals surface area (Å²) in [5.74, 6) is -2.17. The number of carboxylic acids is 2. The third-order valence-electron chi connectivity index (χ3n) is 0. The number of carbonyl (C=O) groups is 2. The van der Waals surface area contributed by atoms with Gasteiger partial charge in [-0.25, -0.2) is 0 Å². The molecule has 0 aromatic rings. The zero-order valence-electron chi connectivity index (χ0n) is 6.95. The summed E-state index contributed by atoms with van der Waals surface area (Å²) in [6.45, 7) is 1.94. The van der Waals surface area contributed by atoms with Crippen molar-refractivity contribution in [3.63, 3.8) is 0 Å². The number of rotatable bonds is 0. The summed E-state index contributed by atoms with van der Waals surface area (Å²) in [5, 5.41) is 17.8. The number of carbonyl (C=O) groups excluding carboxylic acids is 2. The van der Waals surface area contributed by atoms with Crippen molar-refractivity contribution in [2.75, 3.05) is 0 Å². The standard InChI is InChI=1S/2C2H4O2.2O.3Sn/c2*1-2(3)4;;;;;/h2*1H3,(H,3,4);;;;;/q;;2*-2;3*+2/p-2. The van der Waals surface area contributed by atoms with Crippen LogP contribution in [-0.2, 0) is 20.5 Å². The SMILES string of the molecule is CC(=O)[O-].CC(=O)[O-].[O-2].[O-2].[Sn+2].[Sn+2].[Sn+2]. The summed E-state index contributed by atoms with van der Waals surface area (Å²) in [4.78, 5) is 17.8. The first kappa shape index (κ1) is 47.6. The van der Waals surface area contributed by atoms with Gasteiger partial charge in [-0.2, -0.15) is 0 Å². The predicted octanol–water partition coefficient (Wildman–Crippen LogP) is -3.87. The van der Waals surface area contributed by atoms with Gasteiger partial charge in [0.15, 0.2) is 0 Å². The fourth-order valence-corrected chi connectivity index (χ4v) is 0. The Morgan fingerprint density at radius 2 is 0.769 bits per heavy atom. The van der Waals surface area contributed by atoms with E-state index >= 15 is 0 Å². The van der Waals surface area contributed by atoms with Crippen LogP contribution in [0.1, 0.15) is 13.8 Å². The Morgan fingerprint density at radius 1 is 0.769 bits per heavy atom. The average molecular weight is 506 g/mol. The fourth-order valence-electron chi connectivity index (χ4n) is 0. The first-order valence-corrected chi connectivity index (χ1v) is 1.82. The molecule has 6 nitrogen and oxygen atoms in total. The van der Waals surface area contributed by atoms with E-state index in [0.717, 1.165) is 13.8 Å². The molecule has 0 bridgehead atoms. The third kappa shape index (κ3) is 1060. The molecule has 0 spiro atoms. The predicted molar refractivity (Wildman–Crippen MR) is 40.0 cm³/mol. The van der Waals surface area contributed by atoms with Gasteiger partial charge in [-0.3, -0.25) is 0 Å². The first-order valence-electron chi connectivity index (χ1n) is 1.82. The van der Waals surface area contributed by atoms with E-state index in [2.05, 4.69) is 0 Å². The minimum absolute atomic E-state index is 0.